The first-order valence-corrected chi connectivity index (χ1v) is 8.70. The fraction of sp³-hybridized carbons (Fsp3) is 0.250. The second-order valence-electron chi connectivity index (χ2n) is 6.43. The van der Waals surface area contributed by atoms with E-state index in [0.717, 1.165) is 16.7 Å². The number of aryl methyl sites for hydroxylation is 1. The molecule has 1 atom stereocenters. The molecule has 1 N–H and O–H groups in total. The van der Waals surface area contributed by atoms with Crippen molar-refractivity contribution >= 4 is 11.7 Å². The summed E-state index contributed by atoms with van der Waals surface area (Å²) in [5.74, 6) is 0.0216. The van der Waals surface area contributed by atoms with Crippen LogP contribution in [-0.4, -0.2) is 37.9 Å². The van der Waals surface area contributed by atoms with Gasteiger partial charge in [0.25, 0.3) is 0 Å². The number of carbonyl (C=O) groups is 2. The second kappa shape index (κ2) is 8.35. The molecule has 0 aliphatic rings. The molecule has 0 aliphatic heterocycles. The molecule has 7 heteroatoms. The zero-order valence-electron chi connectivity index (χ0n) is 15.3. The van der Waals surface area contributed by atoms with Crippen molar-refractivity contribution in [3.8, 4) is 11.4 Å². The Hall–Kier alpha value is -3.35. The summed E-state index contributed by atoms with van der Waals surface area (Å²) in [5.41, 5.74) is 2.95. The number of rotatable bonds is 7. The number of nitrogens with zero attached hydrogens (tertiary/aromatic N) is 4. The van der Waals surface area contributed by atoms with E-state index in [2.05, 4.69) is 20.7 Å². The molecule has 2 aromatic carbocycles. The number of aromatic nitrogens is 4. The summed E-state index contributed by atoms with van der Waals surface area (Å²) in [6.45, 7) is 3.37. The topological polar surface area (TPSA) is 89.8 Å². The summed E-state index contributed by atoms with van der Waals surface area (Å²) in [5, 5.41) is 14.9. The molecule has 3 rings (SSSR count). The van der Waals surface area contributed by atoms with E-state index in [9.17, 15) is 9.59 Å². The molecule has 1 amide bonds. The van der Waals surface area contributed by atoms with Crippen LogP contribution in [-0.2, 0) is 22.6 Å². The van der Waals surface area contributed by atoms with E-state index in [4.69, 9.17) is 0 Å². The van der Waals surface area contributed by atoms with Crippen molar-refractivity contribution < 1.29 is 9.59 Å². The molecular weight excluding hydrogens is 342 g/mol. The van der Waals surface area contributed by atoms with Gasteiger partial charge in [0.1, 0.15) is 6.54 Å². The van der Waals surface area contributed by atoms with Crippen LogP contribution in [0.3, 0.4) is 0 Å². The number of hydrogen-bond acceptors (Lipinski definition) is 5. The maximum atomic E-state index is 12.3. The molecule has 0 saturated carbocycles. The average Bonchev–Trinajstić information content (AvgIpc) is 3.11. The van der Waals surface area contributed by atoms with Gasteiger partial charge in [0.15, 0.2) is 5.78 Å². The van der Waals surface area contributed by atoms with Crippen LogP contribution < -0.4 is 5.32 Å². The largest absolute Gasteiger partial charge is 0.344 e. The van der Waals surface area contributed by atoms with Gasteiger partial charge in [-0.1, -0.05) is 60.2 Å². The summed E-state index contributed by atoms with van der Waals surface area (Å²) in [4.78, 5) is 25.4. The van der Waals surface area contributed by atoms with Gasteiger partial charge in [-0.3, -0.25) is 9.59 Å². The van der Waals surface area contributed by atoms with E-state index in [1.165, 1.54) is 11.7 Å². The predicted octanol–water partition coefficient (Wildman–Crippen LogP) is 1.97. The molecule has 0 fully saturated rings. The minimum absolute atomic E-state index is 0.0981. The Balaban J connectivity index is 1.62. The van der Waals surface area contributed by atoms with E-state index in [0.29, 0.717) is 12.2 Å². The zero-order chi connectivity index (χ0) is 19.2. The third-order valence-electron chi connectivity index (χ3n) is 4.16. The first-order valence-electron chi connectivity index (χ1n) is 8.70. The minimum Gasteiger partial charge on any atom is -0.344 e. The smallest absolute Gasteiger partial charge is 0.244 e. The lowest BCUT2D eigenvalue weighted by molar-refractivity contribution is -0.127. The molecule has 0 bridgehead atoms. The molecule has 1 heterocycles. The Bertz CT molecular complexity index is 919. The molecule has 27 heavy (non-hydrogen) atoms. The van der Waals surface area contributed by atoms with Gasteiger partial charge in [-0.25, -0.2) is 0 Å². The molecule has 0 unspecified atom stereocenters. The van der Waals surface area contributed by atoms with Crippen molar-refractivity contribution in [2.75, 3.05) is 0 Å². The quantitative estimate of drug-likeness (QED) is 0.693. The summed E-state index contributed by atoms with van der Waals surface area (Å²) in [6.07, 6.45) is 0.446. The number of amides is 1. The van der Waals surface area contributed by atoms with Gasteiger partial charge in [-0.15, -0.1) is 10.2 Å². The van der Waals surface area contributed by atoms with E-state index < -0.39 is 6.04 Å². The Labute approximate surface area is 157 Å². The van der Waals surface area contributed by atoms with Gasteiger partial charge in [-0.05, 0) is 31.0 Å². The lowest BCUT2D eigenvalue weighted by Gasteiger charge is -2.15. The van der Waals surface area contributed by atoms with Crippen LogP contribution in [0.5, 0.6) is 0 Å². The van der Waals surface area contributed by atoms with Crippen molar-refractivity contribution in [2.24, 2.45) is 0 Å². The van der Waals surface area contributed by atoms with Gasteiger partial charge < -0.3 is 5.32 Å². The lowest BCUT2D eigenvalue weighted by atomic mass is 10.0. The van der Waals surface area contributed by atoms with Gasteiger partial charge in [0, 0.05) is 5.56 Å². The highest BCUT2D eigenvalue weighted by Crippen LogP contribution is 2.13. The van der Waals surface area contributed by atoms with E-state index in [-0.39, 0.29) is 18.2 Å². The molecule has 0 saturated heterocycles. The van der Waals surface area contributed by atoms with Crippen molar-refractivity contribution in [1.82, 2.24) is 25.5 Å². The van der Waals surface area contributed by atoms with Crippen LogP contribution in [0.1, 0.15) is 18.1 Å². The predicted molar refractivity (Wildman–Crippen MR) is 101 cm³/mol. The molecular formula is C20H21N5O2. The Morgan fingerprint density at radius 3 is 2.44 bits per heavy atom. The lowest BCUT2D eigenvalue weighted by Crippen LogP contribution is -2.43. The van der Waals surface area contributed by atoms with E-state index in [1.807, 2.05) is 61.5 Å². The normalized spacial score (nSPS) is 11.8. The van der Waals surface area contributed by atoms with Crippen LogP contribution in [0.4, 0.5) is 0 Å². The van der Waals surface area contributed by atoms with Crippen molar-refractivity contribution in [1.29, 1.82) is 0 Å². The number of Topliss-reactive ketones (excluding diaryl/α,β-unsaturated/α-hetero) is 1. The van der Waals surface area contributed by atoms with Crippen molar-refractivity contribution in [2.45, 2.75) is 32.9 Å². The van der Waals surface area contributed by atoms with E-state index in [1.54, 1.807) is 0 Å². The number of benzene rings is 2. The summed E-state index contributed by atoms with van der Waals surface area (Å²) in [7, 11) is 0. The van der Waals surface area contributed by atoms with Crippen molar-refractivity contribution in [3.63, 3.8) is 0 Å². The highest BCUT2D eigenvalue weighted by Gasteiger charge is 2.18. The number of carbonyl (C=O) groups excluding carboxylic acids is 2. The number of hydrogen-bond donors (Lipinski definition) is 1. The third-order valence-corrected chi connectivity index (χ3v) is 4.16. The summed E-state index contributed by atoms with van der Waals surface area (Å²) in [6, 6.07) is 16.7. The monoisotopic (exact) mass is 363 g/mol. The van der Waals surface area contributed by atoms with Crippen LogP contribution in [0, 0.1) is 6.92 Å². The van der Waals surface area contributed by atoms with Crippen LogP contribution in [0.25, 0.3) is 11.4 Å². The minimum atomic E-state index is -0.583. The third kappa shape index (κ3) is 5.07. The number of tetrazole rings is 1. The fourth-order valence-corrected chi connectivity index (χ4v) is 2.64. The highest BCUT2D eigenvalue weighted by atomic mass is 16.2. The maximum absolute atomic E-state index is 12.3. The van der Waals surface area contributed by atoms with Crippen LogP contribution >= 0.6 is 0 Å². The summed E-state index contributed by atoms with van der Waals surface area (Å²) < 4.78 is 0. The van der Waals surface area contributed by atoms with Gasteiger partial charge in [0.2, 0.25) is 11.7 Å². The van der Waals surface area contributed by atoms with Crippen LogP contribution in [0.2, 0.25) is 0 Å². The average molecular weight is 363 g/mol. The first kappa shape index (κ1) is 18.4. The molecule has 1 aromatic heterocycles. The zero-order valence-corrected chi connectivity index (χ0v) is 15.3. The molecule has 0 aliphatic carbocycles. The Morgan fingerprint density at radius 2 is 1.78 bits per heavy atom. The van der Waals surface area contributed by atoms with Crippen LogP contribution in [0.15, 0.2) is 54.6 Å². The molecule has 138 valence electrons. The molecule has 0 radical (unpaired) electrons. The standard InChI is InChI=1S/C20H21N5O2/c1-14-8-10-17(11-9-14)20-22-24-25(23-20)13-19(27)21-18(15(2)26)12-16-6-4-3-5-7-16/h3-11,18H,12-13H2,1-2H3,(H,21,27)/t18-/m0/s1. The second-order valence-corrected chi connectivity index (χ2v) is 6.43. The number of nitrogens with one attached hydrogen (secondary N) is 1. The van der Waals surface area contributed by atoms with Crippen molar-refractivity contribution in [3.05, 3.63) is 65.7 Å². The summed E-state index contributed by atoms with van der Waals surface area (Å²) >= 11 is 0. The molecule has 3 aromatic rings. The van der Waals surface area contributed by atoms with E-state index >= 15 is 0 Å². The Kier molecular flexibility index (Phi) is 5.71. The van der Waals surface area contributed by atoms with Gasteiger partial charge in [0.05, 0.1) is 6.04 Å². The maximum Gasteiger partial charge on any atom is 0.244 e. The number of ketones is 1. The van der Waals surface area contributed by atoms with Gasteiger partial charge in [-0.2, -0.15) is 4.80 Å². The molecule has 0 spiro atoms. The SMILES string of the molecule is CC(=O)[C@H](Cc1ccccc1)NC(=O)Cn1nnc(-c2ccc(C)cc2)n1. The first-order chi connectivity index (χ1) is 13.0. The Morgan fingerprint density at radius 1 is 1.07 bits per heavy atom. The highest BCUT2D eigenvalue weighted by molar-refractivity contribution is 5.87. The van der Waals surface area contributed by atoms with Gasteiger partial charge >= 0.3 is 0 Å². The molecule has 7 nitrogen and oxygen atoms in total. The fourth-order valence-electron chi connectivity index (χ4n) is 2.64.